The van der Waals surface area contributed by atoms with Crippen LogP contribution in [0.1, 0.15) is 24.2 Å². The van der Waals surface area contributed by atoms with Crippen LogP contribution in [0.3, 0.4) is 0 Å². The summed E-state index contributed by atoms with van der Waals surface area (Å²) in [6.07, 6.45) is 0. The van der Waals surface area contributed by atoms with Crippen molar-refractivity contribution in [2.24, 2.45) is 0 Å². The maximum Gasteiger partial charge on any atom is 0.329 e. The first-order valence-electron chi connectivity index (χ1n) is 5.97. The van der Waals surface area contributed by atoms with Crippen molar-refractivity contribution >= 4 is 17.6 Å². The molecule has 0 aromatic heterocycles. The summed E-state index contributed by atoms with van der Waals surface area (Å²) in [5, 5.41) is 19.9. The molecule has 0 atom stereocenters. The molecule has 0 heterocycles. The molecule has 21 heavy (non-hydrogen) atoms. The molecule has 1 rings (SSSR count). The highest BCUT2D eigenvalue weighted by molar-refractivity contribution is 6.00. The van der Waals surface area contributed by atoms with Crippen molar-refractivity contribution in [1.82, 2.24) is 4.90 Å². The Morgan fingerprint density at radius 3 is 2.38 bits per heavy atom. The maximum absolute atomic E-state index is 12.4. The lowest BCUT2D eigenvalue weighted by Crippen LogP contribution is -2.50. The summed E-state index contributed by atoms with van der Waals surface area (Å²) < 4.78 is 5.01. The molecular formula is C13H16N2O6. The van der Waals surface area contributed by atoms with E-state index in [1.165, 1.54) is 40.1 Å². The number of non-ortho nitro benzene ring substituents is 1. The van der Waals surface area contributed by atoms with Gasteiger partial charge in [-0.3, -0.25) is 14.9 Å². The summed E-state index contributed by atoms with van der Waals surface area (Å²) in [6, 6.07) is 3.57. The second kappa shape index (κ2) is 5.78. The normalized spacial score (nSPS) is 10.9. The zero-order valence-electron chi connectivity index (χ0n) is 12.1. The standard InChI is InChI=1S/C13H16N2O6/c1-13(2,12(17)18)14(3)11(16)9-7-8(15(19)20)5-6-10(9)21-4/h5-7H,1-4H3,(H,17,18). The van der Waals surface area contributed by atoms with Gasteiger partial charge in [0.15, 0.2) is 0 Å². The number of carbonyl (C=O) groups is 2. The van der Waals surface area contributed by atoms with Gasteiger partial charge in [0.1, 0.15) is 11.3 Å². The van der Waals surface area contributed by atoms with Crippen molar-refractivity contribution in [3.05, 3.63) is 33.9 Å². The predicted molar refractivity (Wildman–Crippen MR) is 73.5 cm³/mol. The van der Waals surface area contributed by atoms with Crippen molar-refractivity contribution in [3.63, 3.8) is 0 Å². The van der Waals surface area contributed by atoms with E-state index in [0.717, 1.165) is 11.0 Å². The van der Waals surface area contributed by atoms with Crippen LogP contribution in [0.5, 0.6) is 5.75 Å². The SMILES string of the molecule is COc1ccc([N+](=O)[O-])cc1C(=O)N(C)C(C)(C)C(=O)O. The fourth-order valence-corrected chi connectivity index (χ4v) is 1.55. The number of nitrogens with zero attached hydrogens (tertiary/aromatic N) is 2. The quantitative estimate of drug-likeness (QED) is 0.651. The van der Waals surface area contributed by atoms with Crippen molar-refractivity contribution in [3.8, 4) is 5.75 Å². The molecule has 0 unspecified atom stereocenters. The number of carbonyl (C=O) groups excluding carboxylic acids is 1. The van der Waals surface area contributed by atoms with Gasteiger partial charge in [0.2, 0.25) is 0 Å². The number of benzene rings is 1. The van der Waals surface area contributed by atoms with Crippen LogP contribution < -0.4 is 4.74 Å². The van der Waals surface area contributed by atoms with Crippen molar-refractivity contribution < 1.29 is 24.4 Å². The van der Waals surface area contributed by atoms with Crippen molar-refractivity contribution in [2.75, 3.05) is 14.2 Å². The Bertz CT molecular complexity index is 596. The van der Waals surface area contributed by atoms with Gasteiger partial charge in [-0.25, -0.2) is 4.79 Å². The largest absolute Gasteiger partial charge is 0.496 e. The first kappa shape index (κ1) is 16.4. The number of hydrogen-bond acceptors (Lipinski definition) is 5. The van der Waals surface area contributed by atoms with Crippen LogP contribution in [0.4, 0.5) is 5.69 Å². The summed E-state index contributed by atoms with van der Waals surface area (Å²) in [7, 11) is 2.63. The van der Waals surface area contributed by atoms with Gasteiger partial charge in [0.05, 0.1) is 17.6 Å². The smallest absolute Gasteiger partial charge is 0.329 e. The molecule has 0 aliphatic heterocycles. The van der Waals surface area contributed by atoms with Crippen LogP contribution in [0.25, 0.3) is 0 Å². The Kier molecular flexibility index (Phi) is 4.52. The number of likely N-dealkylation sites (N-methyl/N-ethyl adjacent to an activating group) is 1. The number of carboxylic acid groups (broad SMARTS) is 1. The van der Waals surface area contributed by atoms with Gasteiger partial charge < -0.3 is 14.7 Å². The molecule has 0 saturated heterocycles. The van der Waals surface area contributed by atoms with E-state index < -0.39 is 22.3 Å². The number of nitro groups is 1. The number of methoxy groups -OCH3 is 1. The Labute approximate surface area is 121 Å². The zero-order valence-corrected chi connectivity index (χ0v) is 12.1. The minimum absolute atomic E-state index is 0.0662. The molecule has 0 aliphatic carbocycles. The number of ether oxygens (including phenoxy) is 1. The number of carboxylic acids is 1. The van der Waals surface area contributed by atoms with Crippen LogP contribution in [0.15, 0.2) is 18.2 Å². The summed E-state index contributed by atoms with van der Waals surface area (Å²) >= 11 is 0. The second-order valence-electron chi connectivity index (χ2n) is 4.87. The molecule has 0 radical (unpaired) electrons. The first-order chi connectivity index (χ1) is 9.62. The lowest BCUT2D eigenvalue weighted by Gasteiger charge is -2.31. The van der Waals surface area contributed by atoms with E-state index in [2.05, 4.69) is 0 Å². The number of aliphatic carboxylic acids is 1. The Hall–Kier alpha value is -2.64. The summed E-state index contributed by atoms with van der Waals surface area (Å²) in [4.78, 5) is 34.8. The van der Waals surface area contributed by atoms with Crippen LogP contribution in [-0.4, -0.2) is 46.5 Å². The molecule has 1 amide bonds. The first-order valence-corrected chi connectivity index (χ1v) is 5.97. The Morgan fingerprint density at radius 1 is 1.38 bits per heavy atom. The third-order valence-corrected chi connectivity index (χ3v) is 3.29. The summed E-state index contributed by atoms with van der Waals surface area (Å²) in [6.45, 7) is 2.72. The minimum atomic E-state index is -1.47. The molecule has 114 valence electrons. The van der Waals surface area contributed by atoms with E-state index in [-0.39, 0.29) is 17.0 Å². The van der Waals surface area contributed by atoms with E-state index in [1.807, 2.05) is 0 Å². The zero-order chi connectivity index (χ0) is 16.4. The molecule has 1 N–H and O–H groups in total. The Balaban J connectivity index is 3.31. The minimum Gasteiger partial charge on any atom is -0.496 e. The van der Waals surface area contributed by atoms with E-state index in [0.29, 0.717) is 0 Å². The molecule has 1 aromatic carbocycles. The average molecular weight is 296 g/mol. The highest BCUT2D eigenvalue weighted by Crippen LogP contribution is 2.27. The number of nitro benzene ring substituents is 1. The van der Waals surface area contributed by atoms with Gasteiger partial charge >= 0.3 is 5.97 Å². The fraction of sp³-hybridized carbons (Fsp3) is 0.385. The van der Waals surface area contributed by atoms with Gasteiger partial charge in [0.25, 0.3) is 11.6 Å². The van der Waals surface area contributed by atoms with E-state index >= 15 is 0 Å². The van der Waals surface area contributed by atoms with Gasteiger partial charge in [-0.2, -0.15) is 0 Å². The summed E-state index contributed by atoms with van der Waals surface area (Å²) in [5.74, 6) is -1.73. The van der Waals surface area contributed by atoms with E-state index in [4.69, 9.17) is 9.84 Å². The van der Waals surface area contributed by atoms with Gasteiger partial charge in [-0.15, -0.1) is 0 Å². The number of hydrogen-bond donors (Lipinski definition) is 1. The van der Waals surface area contributed by atoms with Crippen LogP contribution >= 0.6 is 0 Å². The molecule has 8 heteroatoms. The molecule has 0 saturated carbocycles. The number of rotatable bonds is 5. The molecule has 0 aliphatic rings. The molecule has 0 fully saturated rings. The highest BCUT2D eigenvalue weighted by atomic mass is 16.6. The number of amides is 1. The lowest BCUT2D eigenvalue weighted by atomic mass is 10.0. The van der Waals surface area contributed by atoms with Crippen LogP contribution in [0.2, 0.25) is 0 Å². The van der Waals surface area contributed by atoms with Crippen molar-refractivity contribution in [1.29, 1.82) is 0 Å². The van der Waals surface area contributed by atoms with Gasteiger partial charge in [-0.1, -0.05) is 0 Å². The topological polar surface area (TPSA) is 110 Å². The monoisotopic (exact) mass is 296 g/mol. The van der Waals surface area contributed by atoms with Crippen molar-refractivity contribution in [2.45, 2.75) is 19.4 Å². The third kappa shape index (κ3) is 3.10. The molecule has 0 bridgehead atoms. The maximum atomic E-state index is 12.4. The van der Waals surface area contributed by atoms with E-state index in [1.54, 1.807) is 0 Å². The predicted octanol–water partition coefficient (Wildman–Crippen LogP) is 1.54. The van der Waals surface area contributed by atoms with Crippen LogP contribution in [-0.2, 0) is 4.79 Å². The highest BCUT2D eigenvalue weighted by Gasteiger charge is 2.36. The second-order valence-corrected chi connectivity index (χ2v) is 4.87. The molecular weight excluding hydrogens is 280 g/mol. The molecule has 8 nitrogen and oxygen atoms in total. The van der Waals surface area contributed by atoms with E-state index in [9.17, 15) is 19.7 Å². The average Bonchev–Trinajstić information content (AvgIpc) is 2.44. The fourth-order valence-electron chi connectivity index (χ4n) is 1.55. The van der Waals surface area contributed by atoms with Gasteiger partial charge in [-0.05, 0) is 19.9 Å². The molecule has 0 spiro atoms. The summed E-state index contributed by atoms with van der Waals surface area (Å²) in [5.41, 5.74) is -1.81. The third-order valence-electron chi connectivity index (χ3n) is 3.29. The molecule has 1 aromatic rings. The van der Waals surface area contributed by atoms with Crippen LogP contribution in [0, 0.1) is 10.1 Å². The van der Waals surface area contributed by atoms with Gasteiger partial charge in [0, 0.05) is 19.2 Å². The Morgan fingerprint density at radius 2 is 1.95 bits per heavy atom. The lowest BCUT2D eigenvalue weighted by molar-refractivity contribution is -0.384.